The van der Waals surface area contributed by atoms with Gasteiger partial charge in [0.15, 0.2) is 0 Å². The third-order valence-electron chi connectivity index (χ3n) is 17.4. The second-order valence-electron chi connectivity index (χ2n) is 19.6. The van der Waals surface area contributed by atoms with Crippen molar-refractivity contribution in [2.45, 2.75) is 62.2 Å². The molecule has 2 spiro atoms. The van der Waals surface area contributed by atoms with Gasteiger partial charge in [-0.25, -0.2) is 0 Å². The van der Waals surface area contributed by atoms with Gasteiger partial charge in [0.1, 0.15) is 0 Å². The van der Waals surface area contributed by atoms with E-state index in [1.54, 1.807) is 22.3 Å². The first-order valence-electron chi connectivity index (χ1n) is 22.6. The summed E-state index contributed by atoms with van der Waals surface area (Å²) in [5.41, 5.74) is 24.5. The molecule has 59 heavy (non-hydrogen) atoms. The molecule has 8 aliphatic rings. The summed E-state index contributed by atoms with van der Waals surface area (Å²) in [6.07, 6.45) is 10.9. The lowest BCUT2D eigenvalue weighted by molar-refractivity contribution is 0.327. The van der Waals surface area contributed by atoms with Crippen LogP contribution in [0.25, 0.3) is 22.3 Å². The van der Waals surface area contributed by atoms with E-state index in [4.69, 9.17) is 0 Å². The topological polar surface area (TPSA) is 6.48 Å². The number of hydrogen-bond acceptors (Lipinski definition) is 2. The minimum Gasteiger partial charge on any atom is -0.311 e. The van der Waals surface area contributed by atoms with Gasteiger partial charge >= 0.3 is 0 Å². The number of rotatable bonds is 2. The Hall–Kier alpha value is -5.80. The molecule has 3 heteroatoms. The summed E-state index contributed by atoms with van der Waals surface area (Å²) in [7, 11) is 0. The van der Waals surface area contributed by atoms with Crippen molar-refractivity contribution < 1.29 is 0 Å². The number of hydrogen-bond donors (Lipinski definition) is 0. The van der Waals surface area contributed by atoms with E-state index in [0.29, 0.717) is 0 Å². The first-order valence-corrected chi connectivity index (χ1v) is 22.6. The highest BCUT2D eigenvalue weighted by molar-refractivity contribution is 7.00. The van der Waals surface area contributed by atoms with Gasteiger partial charge < -0.3 is 9.80 Å². The molecular formula is C56H45BN2. The van der Waals surface area contributed by atoms with Gasteiger partial charge in [0.05, 0.1) is 0 Å². The van der Waals surface area contributed by atoms with Crippen molar-refractivity contribution in [2.24, 2.45) is 23.7 Å². The van der Waals surface area contributed by atoms with Gasteiger partial charge in [0.25, 0.3) is 6.71 Å². The number of para-hydroxylation sites is 2. The van der Waals surface area contributed by atoms with E-state index in [9.17, 15) is 0 Å². The number of nitrogens with zero attached hydrogens (tertiary/aromatic N) is 2. The summed E-state index contributed by atoms with van der Waals surface area (Å²) < 4.78 is 0. The summed E-state index contributed by atoms with van der Waals surface area (Å²) in [4.78, 5) is 5.22. The molecule has 0 amide bonds. The van der Waals surface area contributed by atoms with Crippen LogP contribution in [0.3, 0.4) is 0 Å². The SMILES string of the molecule is c1ccc(N2c3cc4c(cc3B3c5ccccc5N(c5ccc6c(c5)-c5ccccc5[C@@]65C[C@H]6CCC5C6)c5cccc2c53)[C@]2(C[C@H]3CC[C@@H]2C3)c2ccccc2-4)cc1. The van der Waals surface area contributed by atoms with Crippen molar-refractivity contribution in [3.8, 4) is 22.3 Å². The van der Waals surface area contributed by atoms with Gasteiger partial charge in [0.2, 0.25) is 0 Å². The monoisotopic (exact) mass is 756 g/mol. The molecule has 2 heterocycles. The Kier molecular flexibility index (Phi) is 6.02. The average Bonchev–Trinajstić information content (AvgIpc) is 4.17. The van der Waals surface area contributed by atoms with Gasteiger partial charge in [-0.05, 0) is 172 Å². The summed E-state index contributed by atoms with van der Waals surface area (Å²) in [5.74, 6) is 3.19. The highest BCUT2D eigenvalue weighted by atomic mass is 15.2. The lowest BCUT2D eigenvalue weighted by Crippen LogP contribution is -2.61. The molecule has 7 aromatic rings. The van der Waals surface area contributed by atoms with Crippen LogP contribution in [0.2, 0.25) is 0 Å². The van der Waals surface area contributed by atoms with Crippen LogP contribution < -0.4 is 26.2 Å². The molecule has 7 aromatic carbocycles. The fourth-order valence-electron chi connectivity index (χ4n) is 15.4. The molecular weight excluding hydrogens is 711 g/mol. The zero-order chi connectivity index (χ0) is 38.2. The maximum Gasteiger partial charge on any atom is 0.252 e. The van der Waals surface area contributed by atoms with Crippen LogP contribution in [0, 0.1) is 23.7 Å². The minimum atomic E-state index is 0.123. The molecule has 4 bridgehead atoms. The Morgan fingerprint density at radius 2 is 0.983 bits per heavy atom. The summed E-state index contributed by atoms with van der Waals surface area (Å²) in [6, 6.07) is 59.5. The van der Waals surface area contributed by atoms with Crippen LogP contribution >= 0.6 is 0 Å². The Labute approximate surface area is 347 Å². The predicted molar refractivity (Wildman–Crippen MR) is 244 cm³/mol. The zero-order valence-electron chi connectivity index (χ0n) is 33.4. The highest BCUT2D eigenvalue weighted by Crippen LogP contribution is 2.67. The van der Waals surface area contributed by atoms with E-state index in [-0.39, 0.29) is 17.5 Å². The summed E-state index contributed by atoms with van der Waals surface area (Å²) >= 11 is 0. The molecule has 0 radical (unpaired) electrons. The van der Waals surface area contributed by atoms with Crippen molar-refractivity contribution in [3.63, 3.8) is 0 Å². The molecule has 1 unspecified atom stereocenters. The van der Waals surface area contributed by atoms with Crippen LogP contribution in [0.5, 0.6) is 0 Å². The van der Waals surface area contributed by atoms with E-state index in [1.165, 1.54) is 124 Å². The van der Waals surface area contributed by atoms with E-state index in [2.05, 4.69) is 161 Å². The molecule has 2 nitrogen and oxygen atoms in total. The average molecular weight is 757 g/mol. The molecule has 0 saturated heterocycles. The minimum absolute atomic E-state index is 0.123. The van der Waals surface area contributed by atoms with Crippen molar-refractivity contribution in [1.29, 1.82) is 0 Å². The van der Waals surface area contributed by atoms with Crippen LogP contribution in [0.15, 0.2) is 152 Å². The van der Waals surface area contributed by atoms with Crippen molar-refractivity contribution in [2.75, 3.05) is 9.80 Å². The second kappa shape index (κ2) is 11.1. The molecule has 0 N–H and O–H groups in total. The molecule has 15 rings (SSSR count). The predicted octanol–water partition coefficient (Wildman–Crippen LogP) is 11.9. The maximum absolute atomic E-state index is 2.74. The summed E-state index contributed by atoms with van der Waals surface area (Å²) in [5, 5.41) is 0. The largest absolute Gasteiger partial charge is 0.311 e. The number of benzene rings is 7. The van der Waals surface area contributed by atoms with Crippen molar-refractivity contribution in [1.82, 2.24) is 0 Å². The Morgan fingerprint density at radius 3 is 1.66 bits per heavy atom. The van der Waals surface area contributed by atoms with Crippen molar-refractivity contribution in [3.05, 3.63) is 174 Å². The smallest absolute Gasteiger partial charge is 0.252 e. The second-order valence-corrected chi connectivity index (χ2v) is 19.6. The van der Waals surface area contributed by atoms with Crippen LogP contribution in [0.1, 0.15) is 73.6 Å². The molecule has 6 atom stereocenters. The first-order chi connectivity index (χ1) is 29.2. The molecule has 4 fully saturated rings. The molecule has 6 aliphatic carbocycles. The molecule has 282 valence electrons. The fourth-order valence-corrected chi connectivity index (χ4v) is 15.4. The van der Waals surface area contributed by atoms with E-state index in [1.807, 2.05) is 0 Å². The normalized spacial score (nSPS) is 27.5. The first kappa shape index (κ1) is 32.1. The van der Waals surface area contributed by atoms with Gasteiger partial charge in [-0.3, -0.25) is 0 Å². The van der Waals surface area contributed by atoms with Crippen LogP contribution in [-0.4, -0.2) is 6.71 Å². The zero-order valence-corrected chi connectivity index (χ0v) is 33.4. The molecule has 0 aromatic heterocycles. The lowest BCUT2D eigenvalue weighted by Gasteiger charge is -2.45. The maximum atomic E-state index is 2.74. The van der Waals surface area contributed by atoms with Gasteiger partial charge in [-0.1, -0.05) is 116 Å². The Bertz CT molecular complexity index is 2990. The van der Waals surface area contributed by atoms with E-state index in [0.717, 1.165) is 23.7 Å². The van der Waals surface area contributed by atoms with Gasteiger partial charge in [-0.15, -0.1) is 0 Å². The fraction of sp³-hybridized carbons (Fsp3) is 0.250. The molecule has 2 aliphatic heterocycles. The van der Waals surface area contributed by atoms with Crippen molar-refractivity contribution >= 4 is 57.2 Å². The van der Waals surface area contributed by atoms with E-state index < -0.39 is 0 Å². The standard InChI is InChI=1S/C56H45BN2/c1-2-11-38(12-3-1)58-51-19-10-20-52-54(51)57(49-31-47-43(30-53(49)58)41-14-5-7-16-45(41)56(47)33-35-22-24-37(56)28-35)48-17-8-9-18-50(48)59(52)39-25-26-46-42(29-39)40-13-4-6-15-44(40)55(46)32-34-21-23-36(55)27-34/h1-20,25-26,29-31,34-37H,21-24,27-28,32-33H2/t34-,35-,36?,37+,55-,56-/m0/s1. The third-order valence-corrected chi connectivity index (χ3v) is 17.4. The Balaban J connectivity index is 0.976. The van der Waals surface area contributed by atoms with Crippen LogP contribution in [-0.2, 0) is 10.8 Å². The number of fused-ring (bicyclic) bond motifs is 20. The molecule has 4 saturated carbocycles. The lowest BCUT2D eigenvalue weighted by atomic mass is 9.33. The number of anilines is 6. The Morgan fingerprint density at radius 1 is 0.407 bits per heavy atom. The van der Waals surface area contributed by atoms with Gasteiger partial charge in [0, 0.05) is 45.0 Å². The van der Waals surface area contributed by atoms with E-state index >= 15 is 0 Å². The highest BCUT2D eigenvalue weighted by Gasteiger charge is 2.59. The quantitative estimate of drug-likeness (QED) is 0.162. The van der Waals surface area contributed by atoms with Gasteiger partial charge in [-0.2, -0.15) is 0 Å². The van der Waals surface area contributed by atoms with Crippen LogP contribution in [0.4, 0.5) is 34.1 Å². The summed E-state index contributed by atoms with van der Waals surface area (Å²) in [6.45, 7) is 0.126. The third kappa shape index (κ3) is 3.80.